The van der Waals surface area contributed by atoms with Crippen LogP contribution < -0.4 is 4.90 Å². The van der Waals surface area contributed by atoms with Crippen molar-refractivity contribution in [1.29, 1.82) is 0 Å². The fourth-order valence-electron chi connectivity index (χ4n) is 3.18. The molecule has 0 radical (unpaired) electrons. The first-order valence-electron chi connectivity index (χ1n) is 10.5. The second-order valence-corrected chi connectivity index (χ2v) is 5.69. The number of nitrogens with zero attached hydrogens (tertiary/aromatic N) is 4. The van der Waals surface area contributed by atoms with Gasteiger partial charge in [0.2, 0.25) is 5.91 Å². The van der Waals surface area contributed by atoms with Crippen LogP contribution in [0.5, 0.6) is 0 Å². The molecule has 0 spiro atoms. The summed E-state index contributed by atoms with van der Waals surface area (Å²) in [5.41, 5.74) is 5.74. The van der Waals surface area contributed by atoms with E-state index in [9.17, 15) is 4.79 Å². The zero-order valence-corrected chi connectivity index (χ0v) is 19.0. The normalized spacial score (nSPS) is 10.7. The molecule has 3 aromatic rings. The number of aryl methyl sites for hydroxylation is 1. The predicted molar refractivity (Wildman–Crippen MR) is 123 cm³/mol. The Hall–Kier alpha value is -2.95. The summed E-state index contributed by atoms with van der Waals surface area (Å²) < 4.78 is 1.77. The van der Waals surface area contributed by atoms with Gasteiger partial charge in [0.05, 0.1) is 17.9 Å². The zero-order chi connectivity index (χ0) is 22.0. The van der Waals surface area contributed by atoms with Gasteiger partial charge < -0.3 is 4.90 Å². The van der Waals surface area contributed by atoms with Crippen LogP contribution in [0.3, 0.4) is 0 Å². The number of benzene rings is 2. The third-order valence-electron chi connectivity index (χ3n) is 4.26. The van der Waals surface area contributed by atoms with E-state index in [2.05, 4.69) is 10.3 Å². The molecule has 0 atom stereocenters. The number of para-hydroxylation sites is 1. The second kappa shape index (κ2) is 11.8. The van der Waals surface area contributed by atoms with Gasteiger partial charge in [-0.05, 0) is 11.6 Å². The molecule has 0 saturated carbocycles. The number of hydrogen-bond acceptors (Lipinski definition) is 3. The minimum atomic E-state index is 0.0193. The molecule has 5 nitrogen and oxygen atoms in total. The van der Waals surface area contributed by atoms with E-state index < -0.39 is 0 Å². The molecule has 1 aliphatic heterocycles. The third-order valence-corrected chi connectivity index (χ3v) is 4.26. The SMILES string of the molecule is CC.CC.CC.CC(=O)N1Cc2ccccc2-c2nnn(C)c2-c2ccccc21. The van der Waals surface area contributed by atoms with Crippen molar-refractivity contribution in [3.05, 3.63) is 54.1 Å². The average Bonchev–Trinajstić information content (AvgIpc) is 3.16. The van der Waals surface area contributed by atoms with E-state index >= 15 is 0 Å². The van der Waals surface area contributed by atoms with E-state index in [1.54, 1.807) is 11.6 Å². The molecule has 0 aliphatic carbocycles. The Morgan fingerprint density at radius 3 is 2.03 bits per heavy atom. The van der Waals surface area contributed by atoms with E-state index in [4.69, 9.17) is 0 Å². The van der Waals surface area contributed by atoms with Crippen molar-refractivity contribution >= 4 is 11.6 Å². The first kappa shape index (κ1) is 24.1. The maximum Gasteiger partial charge on any atom is 0.224 e. The fraction of sp³-hybridized carbons (Fsp3) is 0.375. The number of hydrogen-bond donors (Lipinski definition) is 0. The van der Waals surface area contributed by atoms with Gasteiger partial charge in [-0.1, -0.05) is 89.2 Å². The molecule has 0 bridgehead atoms. The van der Waals surface area contributed by atoms with Crippen LogP contribution in [0, 0.1) is 0 Å². The minimum absolute atomic E-state index is 0.0193. The Morgan fingerprint density at radius 1 is 0.862 bits per heavy atom. The fourth-order valence-corrected chi connectivity index (χ4v) is 3.18. The Labute approximate surface area is 175 Å². The molecule has 0 saturated heterocycles. The lowest BCUT2D eigenvalue weighted by Gasteiger charge is -2.27. The van der Waals surface area contributed by atoms with Crippen molar-refractivity contribution in [2.24, 2.45) is 7.05 Å². The van der Waals surface area contributed by atoms with Crippen LogP contribution in [0.2, 0.25) is 0 Å². The molecule has 5 heteroatoms. The monoisotopic (exact) mass is 394 g/mol. The molecule has 0 unspecified atom stereocenters. The molecular weight excluding hydrogens is 360 g/mol. The van der Waals surface area contributed by atoms with Crippen molar-refractivity contribution in [3.8, 4) is 22.5 Å². The van der Waals surface area contributed by atoms with Gasteiger partial charge in [-0.25, -0.2) is 4.68 Å². The second-order valence-electron chi connectivity index (χ2n) is 5.69. The highest BCUT2D eigenvalue weighted by Crippen LogP contribution is 2.40. The van der Waals surface area contributed by atoms with Gasteiger partial charge in [-0.15, -0.1) is 5.10 Å². The molecule has 1 aliphatic rings. The van der Waals surface area contributed by atoms with Crippen LogP contribution in [-0.2, 0) is 18.4 Å². The summed E-state index contributed by atoms with van der Waals surface area (Å²) in [4.78, 5) is 14.1. The summed E-state index contributed by atoms with van der Waals surface area (Å²) in [5.74, 6) is 0.0193. The number of fused-ring (bicyclic) bond motifs is 5. The molecule has 156 valence electrons. The average molecular weight is 395 g/mol. The van der Waals surface area contributed by atoms with E-state index in [1.165, 1.54) is 0 Å². The van der Waals surface area contributed by atoms with E-state index in [-0.39, 0.29) is 5.91 Å². The van der Waals surface area contributed by atoms with Crippen molar-refractivity contribution in [2.45, 2.75) is 55.0 Å². The Balaban J connectivity index is 0.000000644. The number of carbonyl (C=O) groups is 1. The summed E-state index contributed by atoms with van der Waals surface area (Å²) in [6.45, 7) is 14.1. The molecule has 2 aromatic carbocycles. The highest BCUT2D eigenvalue weighted by molar-refractivity contribution is 5.99. The quantitative estimate of drug-likeness (QED) is 0.463. The predicted octanol–water partition coefficient (Wildman–Crippen LogP) is 6.09. The molecule has 0 N–H and O–H groups in total. The first-order valence-corrected chi connectivity index (χ1v) is 10.5. The molecular formula is C24H34N4O. The van der Waals surface area contributed by atoms with Crippen molar-refractivity contribution < 1.29 is 4.79 Å². The number of anilines is 1. The summed E-state index contributed by atoms with van der Waals surface area (Å²) in [7, 11) is 1.88. The van der Waals surface area contributed by atoms with E-state index in [1.807, 2.05) is 102 Å². The number of aromatic nitrogens is 3. The lowest BCUT2D eigenvalue weighted by atomic mass is 9.96. The Morgan fingerprint density at radius 2 is 1.41 bits per heavy atom. The maximum absolute atomic E-state index is 12.3. The summed E-state index contributed by atoms with van der Waals surface area (Å²) in [5, 5.41) is 8.59. The van der Waals surface area contributed by atoms with E-state index in [0.29, 0.717) is 6.54 Å². The maximum atomic E-state index is 12.3. The third kappa shape index (κ3) is 4.91. The zero-order valence-electron chi connectivity index (χ0n) is 19.0. The minimum Gasteiger partial charge on any atom is -0.308 e. The Kier molecular flexibility index (Phi) is 9.80. The van der Waals surface area contributed by atoms with E-state index in [0.717, 1.165) is 33.8 Å². The highest BCUT2D eigenvalue weighted by Gasteiger charge is 2.26. The summed E-state index contributed by atoms with van der Waals surface area (Å²) in [6, 6.07) is 16.0. The standard InChI is InChI=1S/C18H16N4O.3C2H6/c1-12(23)22-11-13-7-3-4-8-14(13)17-18(21(2)20-19-17)15-9-5-6-10-16(15)22;3*1-2/h3-10H,11H2,1-2H3;3*1-2H3. The van der Waals surface area contributed by atoms with Gasteiger partial charge in [-0.2, -0.15) is 0 Å². The smallest absolute Gasteiger partial charge is 0.224 e. The first-order chi connectivity index (χ1) is 14.2. The van der Waals surface area contributed by atoms with Crippen molar-refractivity contribution in [1.82, 2.24) is 15.0 Å². The molecule has 1 aromatic heterocycles. The van der Waals surface area contributed by atoms with Gasteiger partial charge in [0.1, 0.15) is 5.69 Å². The van der Waals surface area contributed by atoms with Crippen molar-refractivity contribution in [2.75, 3.05) is 4.90 Å². The molecule has 29 heavy (non-hydrogen) atoms. The van der Waals surface area contributed by atoms with Crippen LogP contribution in [0.4, 0.5) is 5.69 Å². The molecule has 2 heterocycles. The van der Waals surface area contributed by atoms with Crippen LogP contribution in [0.25, 0.3) is 22.5 Å². The van der Waals surface area contributed by atoms with Crippen LogP contribution in [0.1, 0.15) is 54.0 Å². The lowest BCUT2D eigenvalue weighted by Crippen LogP contribution is -2.29. The lowest BCUT2D eigenvalue weighted by molar-refractivity contribution is -0.116. The van der Waals surface area contributed by atoms with Crippen molar-refractivity contribution in [3.63, 3.8) is 0 Å². The number of rotatable bonds is 0. The number of carbonyl (C=O) groups excluding carboxylic acids is 1. The van der Waals surface area contributed by atoms with Crippen LogP contribution in [-0.4, -0.2) is 20.9 Å². The van der Waals surface area contributed by atoms with Crippen LogP contribution in [0.15, 0.2) is 48.5 Å². The molecule has 1 amide bonds. The van der Waals surface area contributed by atoms with Gasteiger partial charge in [-0.3, -0.25) is 4.79 Å². The highest BCUT2D eigenvalue weighted by atomic mass is 16.2. The van der Waals surface area contributed by atoms with Gasteiger partial charge in [0.25, 0.3) is 0 Å². The van der Waals surface area contributed by atoms with Gasteiger partial charge in [0.15, 0.2) is 0 Å². The van der Waals surface area contributed by atoms with Gasteiger partial charge >= 0.3 is 0 Å². The summed E-state index contributed by atoms with van der Waals surface area (Å²) >= 11 is 0. The molecule has 4 rings (SSSR count). The van der Waals surface area contributed by atoms with Crippen LogP contribution >= 0.6 is 0 Å². The van der Waals surface area contributed by atoms with Gasteiger partial charge in [0, 0.05) is 25.1 Å². The topological polar surface area (TPSA) is 51.0 Å². The largest absolute Gasteiger partial charge is 0.308 e. The number of amides is 1. The summed E-state index contributed by atoms with van der Waals surface area (Å²) in [6.07, 6.45) is 0. The Bertz CT molecular complexity index is 915. The molecule has 0 fully saturated rings.